The fourth-order valence-corrected chi connectivity index (χ4v) is 2.90. The van der Waals surface area contributed by atoms with Gasteiger partial charge in [-0.1, -0.05) is 24.4 Å². The van der Waals surface area contributed by atoms with Crippen molar-refractivity contribution < 1.29 is 9.50 Å². The molecule has 0 amide bonds. The average Bonchev–Trinajstić information content (AvgIpc) is 2.35. The Morgan fingerprint density at radius 3 is 2.78 bits per heavy atom. The molecule has 0 saturated heterocycles. The van der Waals surface area contributed by atoms with E-state index >= 15 is 0 Å². The van der Waals surface area contributed by atoms with Crippen LogP contribution in [0.25, 0.3) is 0 Å². The Kier molecular flexibility index (Phi) is 4.98. The van der Waals surface area contributed by atoms with Crippen LogP contribution in [0.3, 0.4) is 0 Å². The maximum absolute atomic E-state index is 13.2. The Bertz CT molecular complexity index is 379. The first-order valence-electron chi connectivity index (χ1n) is 6.48. The van der Waals surface area contributed by atoms with Crippen LogP contribution in [0.15, 0.2) is 18.2 Å². The van der Waals surface area contributed by atoms with E-state index in [-0.39, 0.29) is 12.4 Å². The minimum Gasteiger partial charge on any atom is -0.396 e. The van der Waals surface area contributed by atoms with Gasteiger partial charge in [-0.05, 0) is 42.5 Å². The Morgan fingerprint density at radius 2 is 2.06 bits per heavy atom. The van der Waals surface area contributed by atoms with Crippen molar-refractivity contribution >= 4 is 11.6 Å². The van der Waals surface area contributed by atoms with Crippen LogP contribution in [-0.4, -0.2) is 17.8 Å². The van der Waals surface area contributed by atoms with Gasteiger partial charge in [0, 0.05) is 24.2 Å². The third-order valence-corrected chi connectivity index (χ3v) is 3.85. The molecule has 1 saturated carbocycles. The molecule has 100 valence electrons. The van der Waals surface area contributed by atoms with Crippen molar-refractivity contribution in [3.05, 3.63) is 34.6 Å². The zero-order valence-electron chi connectivity index (χ0n) is 10.3. The normalized spacial score (nSPS) is 24.2. The number of aliphatic hydroxyl groups excluding tert-OH is 1. The Hall–Kier alpha value is -0.640. The molecule has 0 aliphatic heterocycles. The highest BCUT2D eigenvalue weighted by molar-refractivity contribution is 6.30. The molecule has 2 rings (SSSR count). The maximum atomic E-state index is 13.2. The molecule has 4 heteroatoms. The monoisotopic (exact) mass is 271 g/mol. The summed E-state index contributed by atoms with van der Waals surface area (Å²) in [5, 5.41) is 13.2. The molecule has 1 aliphatic carbocycles. The predicted molar refractivity (Wildman–Crippen MR) is 71.1 cm³/mol. The number of hydrogen-bond acceptors (Lipinski definition) is 2. The molecule has 2 nitrogen and oxygen atoms in total. The summed E-state index contributed by atoms with van der Waals surface area (Å²) in [6.07, 6.45) is 4.53. The van der Waals surface area contributed by atoms with Crippen LogP contribution >= 0.6 is 11.6 Å². The van der Waals surface area contributed by atoms with Crippen molar-refractivity contribution in [3.8, 4) is 0 Å². The van der Waals surface area contributed by atoms with Gasteiger partial charge in [-0.25, -0.2) is 4.39 Å². The van der Waals surface area contributed by atoms with Crippen LogP contribution in [0.5, 0.6) is 0 Å². The standard InChI is InChI=1S/C14H19ClFNO/c15-12-5-10(6-13(16)7-12)8-17-14-4-2-1-3-11(14)9-18/h5-7,11,14,17-18H,1-4,8-9H2. The van der Waals surface area contributed by atoms with Gasteiger partial charge in [-0.3, -0.25) is 0 Å². The summed E-state index contributed by atoms with van der Waals surface area (Å²) < 4.78 is 13.2. The Labute approximate surface area is 112 Å². The zero-order valence-corrected chi connectivity index (χ0v) is 11.1. The molecule has 0 spiro atoms. The van der Waals surface area contributed by atoms with Gasteiger partial charge in [0.15, 0.2) is 0 Å². The molecule has 1 aromatic rings. The van der Waals surface area contributed by atoms with E-state index in [1.807, 2.05) is 0 Å². The van der Waals surface area contributed by atoms with Crippen molar-refractivity contribution in [1.29, 1.82) is 0 Å². The SMILES string of the molecule is OCC1CCCCC1NCc1cc(F)cc(Cl)c1. The summed E-state index contributed by atoms with van der Waals surface area (Å²) in [6, 6.07) is 4.90. The molecule has 1 aliphatic rings. The minimum atomic E-state index is -0.304. The highest BCUT2D eigenvalue weighted by atomic mass is 35.5. The van der Waals surface area contributed by atoms with Gasteiger partial charge in [-0.2, -0.15) is 0 Å². The first kappa shape index (κ1) is 13.8. The van der Waals surface area contributed by atoms with Crippen molar-refractivity contribution in [2.45, 2.75) is 38.3 Å². The second-order valence-electron chi connectivity index (χ2n) is 4.99. The van der Waals surface area contributed by atoms with Crippen LogP contribution in [0.1, 0.15) is 31.2 Å². The largest absolute Gasteiger partial charge is 0.396 e. The lowest BCUT2D eigenvalue weighted by atomic mass is 9.85. The highest BCUT2D eigenvalue weighted by Gasteiger charge is 2.23. The summed E-state index contributed by atoms with van der Waals surface area (Å²) >= 11 is 5.82. The fraction of sp³-hybridized carbons (Fsp3) is 0.571. The lowest BCUT2D eigenvalue weighted by Gasteiger charge is -2.31. The zero-order chi connectivity index (χ0) is 13.0. The summed E-state index contributed by atoms with van der Waals surface area (Å²) in [4.78, 5) is 0. The number of rotatable bonds is 4. The first-order valence-corrected chi connectivity index (χ1v) is 6.86. The average molecular weight is 272 g/mol. The number of hydrogen-bond donors (Lipinski definition) is 2. The second kappa shape index (κ2) is 6.50. The Morgan fingerprint density at radius 1 is 1.28 bits per heavy atom. The van der Waals surface area contributed by atoms with Crippen LogP contribution in [0.2, 0.25) is 5.02 Å². The van der Waals surface area contributed by atoms with Crippen LogP contribution in [0, 0.1) is 11.7 Å². The molecule has 0 bridgehead atoms. The van der Waals surface area contributed by atoms with Gasteiger partial charge in [0.1, 0.15) is 5.82 Å². The third kappa shape index (κ3) is 3.67. The van der Waals surface area contributed by atoms with Gasteiger partial charge in [-0.15, -0.1) is 0 Å². The van der Waals surface area contributed by atoms with E-state index in [0.717, 1.165) is 18.4 Å². The van der Waals surface area contributed by atoms with E-state index < -0.39 is 0 Å². The molecule has 0 heterocycles. The number of nitrogens with one attached hydrogen (secondary N) is 1. The Balaban J connectivity index is 1.93. The maximum Gasteiger partial charge on any atom is 0.125 e. The number of aliphatic hydroxyl groups is 1. The van der Waals surface area contributed by atoms with Crippen molar-refractivity contribution in [1.82, 2.24) is 5.32 Å². The number of benzene rings is 1. The molecule has 1 aromatic carbocycles. The molecule has 0 radical (unpaired) electrons. The van der Waals surface area contributed by atoms with Gasteiger partial charge in [0.05, 0.1) is 0 Å². The van der Waals surface area contributed by atoms with Crippen LogP contribution in [0.4, 0.5) is 4.39 Å². The lowest BCUT2D eigenvalue weighted by molar-refractivity contribution is 0.152. The topological polar surface area (TPSA) is 32.3 Å². The molecular weight excluding hydrogens is 253 g/mol. The summed E-state index contributed by atoms with van der Waals surface area (Å²) in [5.41, 5.74) is 0.849. The first-order chi connectivity index (χ1) is 8.69. The van der Waals surface area contributed by atoms with E-state index in [0.29, 0.717) is 23.5 Å². The smallest absolute Gasteiger partial charge is 0.125 e. The van der Waals surface area contributed by atoms with Gasteiger partial charge >= 0.3 is 0 Å². The summed E-state index contributed by atoms with van der Waals surface area (Å²) in [5.74, 6) is 0.0180. The van der Waals surface area contributed by atoms with E-state index in [1.165, 1.54) is 25.0 Å². The van der Waals surface area contributed by atoms with E-state index in [1.54, 1.807) is 6.07 Å². The van der Waals surface area contributed by atoms with Crippen molar-refractivity contribution in [2.75, 3.05) is 6.61 Å². The third-order valence-electron chi connectivity index (χ3n) is 3.63. The molecule has 2 unspecified atom stereocenters. The van der Waals surface area contributed by atoms with Crippen LogP contribution < -0.4 is 5.32 Å². The van der Waals surface area contributed by atoms with E-state index in [4.69, 9.17) is 11.6 Å². The molecule has 2 atom stereocenters. The summed E-state index contributed by atoms with van der Waals surface area (Å²) in [7, 11) is 0. The molecule has 1 fully saturated rings. The molecular formula is C14H19ClFNO. The van der Waals surface area contributed by atoms with Gasteiger partial charge in [0.2, 0.25) is 0 Å². The number of halogens is 2. The predicted octanol–water partition coefficient (Wildman–Crippen LogP) is 3.12. The van der Waals surface area contributed by atoms with Crippen molar-refractivity contribution in [3.63, 3.8) is 0 Å². The quantitative estimate of drug-likeness (QED) is 0.882. The van der Waals surface area contributed by atoms with Gasteiger partial charge in [0.25, 0.3) is 0 Å². The van der Waals surface area contributed by atoms with E-state index in [2.05, 4.69) is 5.32 Å². The molecule has 0 aromatic heterocycles. The van der Waals surface area contributed by atoms with Gasteiger partial charge < -0.3 is 10.4 Å². The van der Waals surface area contributed by atoms with Crippen molar-refractivity contribution in [2.24, 2.45) is 5.92 Å². The molecule has 2 N–H and O–H groups in total. The highest BCUT2D eigenvalue weighted by Crippen LogP contribution is 2.24. The van der Waals surface area contributed by atoms with Crippen LogP contribution in [-0.2, 0) is 6.54 Å². The summed E-state index contributed by atoms with van der Waals surface area (Å²) in [6.45, 7) is 0.820. The fourth-order valence-electron chi connectivity index (χ4n) is 2.66. The van der Waals surface area contributed by atoms with E-state index in [9.17, 15) is 9.50 Å². The second-order valence-corrected chi connectivity index (χ2v) is 5.43. The lowest BCUT2D eigenvalue weighted by Crippen LogP contribution is -2.39. The minimum absolute atomic E-state index is 0.224. The molecule has 18 heavy (non-hydrogen) atoms.